The molecule has 0 aromatic heterocycles. The van der Waals surface area contributed by atoms with Gasteiger partial charge in [0.05, 0.1) is 10.6 Å². The smallest absolute Gasteiger partial charge is 0.264 e. The molecule has 3 aromatic rings. The number of likely N-dealkylation sites (N-methyl/N-ethyl adjacent to an activating group) is 1. The maximum atomic E-state index is 13.5. The highest BCUT2D eigenvalue weighted by molar-refractivity contribution is 7.92. The molecule has 3 rings (SSSR count). The van der Waals surface area contributed by atoms with E-state index in [0.717, 1.165) is 22.3 Å². The van der Waals surface area contributed by atoms with E-state index >= 15 is 0 Å². The maximum Gasteiger partial charge on any atom is 0.264 e. The van der Waals surface area contributed by atoms with Gasteiger partial charge < -0.3 is 4.90 Å². The number of nitrogens with zero attached hydrogens (tertiary/aromatic N) is 2. The monoisotopic (exact) mass is 436 g/mol. The number of hydrogen-bond donors (Lipinski definition) is 0. The van der Waals surface area contributed by atoms with Crippen molar-refractivity contribution >= 4 is 21.6 Å². The van der Waals surface area contributed by atoms with E-state index in [4.69, 9.17) is 0 Å². The fourth-order valence-electron chi connectivity index (χ4n) is 3.23. The van der Waals surface area contributed by atoms with Crippen LogP contribution in [0.5, 0.6) is 0 Å². The first-order valence-electron chi connectivity index (χ1n) is 10.1. The molecule has 0 atom stereocenters. The molecule has 31 heavy (non-hydrogen) atoms. The van der Waals surface area contributed by atoms with Gasteiger partial charge in [0.2, 0.25) is 5.91 Å². The first-order chi connectivity index (χ1) is 14.7. The molecule has 0 N–H and O–H groups in total. The average Bonchev–Trinajstić information content (AvgIpc) is 2.73. The first kappa shape index (κ1) is 22.6. The van der Waals surface area contributed by atoms with Crippen molar-refractivity contribution in [3.05, 3.63) is 95.1 Å². The summed E-state index contributed by atoms with van der Waals surface area (Å²) >= 11 is 0. The largest absolute Gasteiger partial charge is 0.340 e. The molecule has 0 saturated carbocycles. The van der Waals surface area contributed by atoms with Crippen LogP contribution in [0.4, 0.5) is 5.69 Å². The Morgan fingerprint density at radius 1 is 0.806 bits per heavy atom. The van der Waals surface area contributed by atoms with Crippen molar-refractivity contribution in [2.45, 2.75) is 32.2 Å². The van der Waals surface area contributed by atoms with E-state index in [1.54, 1.807) is 54.4 Å². The molecule has 0 bridgehead atoms. The number of amides is 1. The molecular weight excluding hydrogens is 408 g/mol. The lowest BCUT2D eigenvalue weighted by Gasteiger charge is -2.27. The van der Waals surface area contributed by atoms with Crippen LogP contribution in [0, 0.1) is 20.8 Å². The number of benzene rings is 3. The summed E-state index contributed by atoms with van der Waals surface area (Å²) in [6.07, 6.45) is 0. The molecule has 0 unspecified atom stereocenters. The third kappa shape index (κ3) is 5.52. The van der Waals surface area contributed by atoms with Crippen molar-refractivity contribution < 1.29 is 13.2 Å². The number of carbonyl (C=O) groups excluding carboxylic acids is 1. The van der Waals surface area contributed by atoms with Crippen LogP contribution >= 0.6 is 0 Å². The number of carbonyl (C=O) groups is 1. The maximum absolute atomic E-state index is 13.5. The van der Waals surface area contributed by atoms with Crippen molar-refractivity contribution in [3.8, 4) is 0 Å². The van der Waals surface area contributed by atoms with Gasteiger partial charge in [0.25, 0.3) is 10.0 Å². The fraction of sp³-hybridized carbons (Fsp3) is 0.240. The topological polar surface area (TPSA) is 57.7 Å². The van der Waals surface area contributed by atoms with E-state index in [1.165, 1.54) is 4.31 Å². The quantitative estimate of drug-likeness (QED) is 0.549. The SMILES string of the molecule is Cc1ccc(CN(C)C(=O)CN(c2cccc(C)c2)S(=O)(=O)c2ccc(C)cc2)cc1. The number of hydrogen-bond acceptors (Lipinski definition) is 3. The van der Waals surface area contributed by atoms with Crippen molar-refractivity contribution in [2.24, 2.45) is 0 Å². The van der Waals surface area contributed by atoms with E-state index in [2.05, 4.69) is 0 Å². The van der Waals surface area contributed by atoms with Crippen LogP contribution in [-0.2, 0) is 21.4 Å². The molecular formula is C25H28N2O3S. The molecule has 0 spiro atoms. The van der Waals surface area contributed by atoms with E-state index in [-0.39, 0.29) is 17.3 Å². The minimum absolute atomic E-state index is 0.161. The predicted molar refractivity (Wildman–Crippen MR) is 125 cm³/mol. The Balaban J connectivity index is 1.90. The molecule has 0 saturated heterocycles. The molecule has 0 fully saturated rings. The zero-order valence-corrected chi connectivity index (χ0v) is 19.2. The van der Waals surface area contributed by atoms with Gasteiger partial charge in [0.1, 0.15) is 6.54 Å². The highest BCUT2D eigenvalue weighted by Gasteiger charge is 2.28. The van der Waals surface area contributed by atoms with E-state index in [0.29, 0.717) is 12.2 Å². The molecule has 0 aliphatic carbocycles. The van der Waals surface area contributed by atoms with Gasteiger partial charge in [0, 0.05) is 13.6 Å². The lowest BCUT2D eigenvalue weighted by atomic mass is 10.1. The summed E-state index contributed by atoms with van der Waals surface area (Å²) in [5.74, 6) is -0.280. The lowest BCUT2D eigenvalue weighted by Crippen LogP contribution is -2.41. The van der Waals surface area contributed by atoms with Gasteiger partial charge in [-0.1, -0.05) is 59.7 Å². The van der Waals surface area contributed by atoms with E-state index in [9.17, 15) is 13.2 Å². The van der Waals surface area contributed by atoms with Crippen LogP contribution in [0.2, 0.25) is 0 Å². The van der Waals surface area contributed by atoms with E-state index < -0.39 is 10.0 Å². The third-order valence-electron chi connectivity index (χ3n) is 5.14. The molecule has 0 aliphatic heterocycles. The summed E-state index contributed by atoms with van der Waals surface area (Å²) in [7, 11) is -2.22. The Labute approximate surface area is 185 Å². The second-order valence-electron chi connectivity index (χ2n) is 7.90. The van der Waals surface area contributed by atoms with Crippen LogP contribution in [0.3, 0.4) is 0 Å². The Bertz CT molecular complexity index is 1150. The third-order valence-corrected chi connectivity index (χ3v) is 6.93. The summed E-state index contributed by atoms with van der Waals surface area (Å²) in [5, 5.41) is 0. The predicted octanol–water partition coefficient (Wildman–Crippen LogP) is 4.47. The summed E-state index contributed by atoms with van der Waals surface area (Å²) < 4.78 is 28.1. The zero-order chi connectivity index (χ0) is 22.6. The minimum atomic E-state index is -3.91. The van der Waals surface area contributed by atoms with Crippen LogP contribution in [0.15, 0.2) is 77.7 Å². The average molecular weight is 437 g/mol. The Morgan fingerprint density at radius 2 is 1.39 bits per heavy atom. The number of aryl methyl sites for hydroxylation is 3. The number of rotatable bonds is 7. The summed E-state index contributed by atoms with van der Waals surface area (Å²) in [6, 6.07) is 21.8. The number of sulfonamides is 1. The van der Waals surface area contributed by atoms with Crippen LogP contribution in [0.1, 0.15) is 22.3 Å². The van der Waals surface area contributed by atoms with Crippen molar-refractivity contribution in [1.29, 1.82) is 0 Å². The van der Waals surface area contributed by atoms with Gasteiger partial charge in [0.15, 0.2) is 0 Å². The first-order valence-corrected chi connectivity index (χ1v) is 11.6. The number of anilines is 1. The van der Waals surface area contributed by atoms with Crippen molar-refractivity contribution in [1.82, 2.24) is 4.90 Å². The minimum Gasteiger partial charge on any atom is -0.340 e. The van der Waals surface area contributed by atoms with Crippen LogP contribution < -0.4 is 4.31 Å². The molecule has 6 heteroatoms. The highest BCUT2D eigenvalue weighted by Crippen LogP contribution is 2.25. The van der Waals surface area contributed by atoms with Gasteiger partial charge in [-0.3, -0.25) is 9.10 Å². The summed E-state index contributed by atoms with van der Waals surface area (Å²) in [6.45, 7) is 5.94. The van der Waals surface area contributed by atoms with Crippen LogP contribution in [-0.4, -0.2) is 32.8 Å². The normalized spacial score (nSPS) is 11.2. The molecule has 162 valence electrons. The summed E-state index contributed by atoms with van der Waals surface area (Å²) in [5.41, 5.74) is 4.49. The Hall–Kier alpha value is -3.12. The van der Waals surface area contributed by atoms with Gasteiger partial charge in [-0.2, -0.15) is 0 Å². The van der Waals surface area contributed by atoms with Crippen molar-refractivity contribution in [3.63, 3.8) is 0 Å². The van der Waals surface area contributed by atoms with Gasteiger partial charge in [-0.05, 0) is 56.2 Å². The second-order valence-corrected chi connectivity index (χ2v) is 9.76. The Morgan fingerprint density at radius 3 is 1.97 bits per heavy atom. The Kier molecular flexibility index (Phi) is 6.81. The fourth-order valence-corrected chi connectivity index (χ4v) is 4.64. The lowest BCUT2D eigenvalue weighted by molar-refractivity contribution is -0.128. The van der Waals surface area contributed by atoms with Gasteiger partial charge in [-0.15, -0.1) is 0 Å². The molecule has 0 aliphatic rings. The van der Waals surface area contributed by atoms with E-state index in [1.807, 2.05) is 51.1 Å². The molecule has 1 amide bonds. The second kappa shape index (κ2) is 9.35. The standard InChI is InChI=1S/C25H28N2O3S/c1-19-8-12-22(13-9-19)17-26(4)25(28)18-27(23-7-5-6-21(3)16-23)31(29,30)24-14-10-20(2)11-15-24/h5-16H,17-18H2,1-4H3. The van der Waals surface area contributed by atoms with Gasteiger partial charge in [-0.25, -0.2) is 8.42 Å². The zero-order valence-electron chi connectivity index (χ0n) is 18.4. The molecule has 3 aromatic carbocycles. The molecule has 5 nitrogen and oxygen atoms in total. The van der Waals surface area contributed by atoms with Crippen LogP contribution in [0.25, 0.3) is 0 Å². The van der Waals surface area contributed by atoms with Gasteiger partial charge >= 0.3 is 0 Å². The highest BCUT2D eigenvalue weighted by atomic mass is 32.2. The summed E-state index contributed by atoms with van der Waals surface area (Å²) in [4.78, 5) is 14.7. The molecule has 0 radical (unpaired) electrons. The molecule has 0 heterocycles. The van der Waals surface area contributed by atoms with Crippen molar-refractivity contribution in [2.75, 3.05) is 17.9 Å².